The molecule has 1 N–H and O–H groups in total. The van der Waals surface area contributed by atoms with Crippen molar-refractivity contribution in [3.8, 4) is 5.75 Å². The summed E-state index contributed by atoms with van der Waals surface area (Å²) in [6.07, 6.45) is 2.28. The van der Waals surface area contributed by atoms with Gasteiger partial charge in [-0.15, -0.1) is 11.3 Å². The maximum Gasteiger partial charge on any atom is 0.342 e. The quantitative estimate of drug-likeness (QED) is 0.534. The Bertz CT molecular complexity index is 950. The van der Waals surface area contributed by atoms with E-state index < -0.39 is 5.60 Å². The lowest BCUT2D eigenvalue weighted by Crippen LogP contribution is -3.08. The minimum atomic E-state index is -0.594. The Hall–Kier alpha value is -1.41. The second kappa shape index (κ2) is 8.14. The summed E-state index contributed by atoms with van der Waals surface area (Å²) in [5, 5.41) is 13.3. The lowest BCUT2D eigenvalue weighted by molar-refractivity contribution is -0.895. The van der Waals surface area contributed by atoms with Gasteiger partial charge in [-0.25, -0.2) is 9.79 Å². The van der Waals surface area contributed by atoms with E-state index in [0.717, 1.165) is 30.0 Å². The summed E-state index contributed by atoms with van der Waals surface area (Å²) in [5.74, 6) is -0.566. The molecule has 1 aromatic heterocycles. The molecular weight excluding hydrogens is 464 g/mol. The number of nitrogens with zero attached hydrogens (tertiary/aromatic N) is 1. The number of halogens is 2. The van der Waals surface area contributed by atoms with E-state index >= 15 is 0 Å². The van der Waals surface area contributed by atoms with Crippen LogP contribution in [0.2, 0.25) is 5.02 Å². The number of nitrogens with one attached hydrogen (secondary N) is 1. The van der Waals surface area contributed by atoms with Crippen LogP contribution >= 0.6 is 38.9 Å². The molecule has 2 heterocycles. The van der Waals surface area contributed by atoms with Crippen molar-refractivity contribution < 1.29 is 19.5 Å². The van der Waals surface area contributed by atoms with Crippen molar-refractivity contribution in [2.75, 3.05) is 13.6 Å². The molecule has 2 aromatic rings. The molecule has 8 heteroatoms. The second-order valence-electron chi connectivity index (χ2n) is 7.88. The second-order valence-corrected chi connectivity index (χ2v) is 10.3. The molecule has 0 saturated heterocycles. The smallest absolute Gasteiger partial charge is 0.342 e. The molecule has 0 fully saturated rings. The zero-order valence-corrected chi connectivity index (χ0v) is 19.3. The van der Waals surface area contributed by atoms with Gasteiger partial charge >= 0.3 is 5.97 Å². The van der Waals surface area contributed by atoms with Gasteiger partial charge in [-0.3, -0.25) is 0 Å². The molecule has 0 bridgehead atoms. The van der Waals surface area contributed by atoms with E-state index in [2.05, 4.69) is 28.0 Å². The minimum Gasteiger partial charge on any atom is -0.871 e. The highest BCUT2D eigenvalue weighted by atomic mass is 79.9. The first-order valence-electron chi connectivity index (χ1n) is 8.94. The Morgan fingerprint density at radius 3 is 2.82 bits per heavy atom. The van der Waals surface area contributed by atoms with Crippen molar-refractivity contribution in [2.24, 2.45) is 4.99 Å². The molecular formula is C20H22BrClN2O3S. The zero-order valence-electron chi connectivity index (χ0n) is 16.2. The van der Waals surface area contributed by atoms with Crippen molar-refractivity contribution in [2.45, 2.75) is 39.3 Å². The molecule has 150 valence electrons. The van der Waals surface area contributed by atoms with Crippen LogP contribution < -0.4 is 10.0 Å². The van der Waals surface area contributed by atoms with Crippen molar-refractivity contribution in [1.82, 2.24) is 0 Å². The average Bonchev–Trinajstić information content (AvgIpc) is 2.92. The van der Waals surface area contributed by atoms with Gasteiger partial charge in [-0.05, 0) is 44.0 Å². The van der Waals surface area contributed by atoms with Gasteiger partial charge in [0.2, 0.25) is 0 Å². The number of aliphatic imine (C=N–C) groups is 1. The molecule has 0 spiro atoms. The highest BCUT2D eigenvalue weighted by molar-refractivity contribution is 9.10. The van der Waals surface area contributed by atoms with Crippen LogP contribution in [0.1, 0.15) is 47.1 Å². The maximum absolute atomic E-state index is 12.9. The predicted octanol–water partition coefficient (Wildman–Crippen LogP) is 3.51. The molecule has 0 radical (unpaired) electrons. The SMILES string of the molecule is C[NH+]1CCc2c(sc(N=Cc3cc(Cl)cc(Br)c3[O-])c2C(=O)OC(C)(C)C)C1. The van der Waals surface area contributed by atoms with Crippen LogP contribution in [0, 0.1) is 0 Å². The number of fused-ring (bicyclic) bond motifs is 1. The van der Waals surface area contributed by atoms with Crippen molar-refractivity contribution in [3.63, 3.8) is 0 Å². The predicted molar refractivity (Wildman–Crippen MR) is 115 cm³/mol. The first kappa shape index (κ1) is 21.3. The van der Waals surface area contributed by atoms with Gasteiger partial charge in [0.1, 0.15) is 22.7 Å². The van der Waals surface area contributed by atoms with E-state index in [1.165, 1.54) is 22.5 Å². The Morgan fingerprint density at radius 2 is 2.14 bits per heavy atom. The largest absolute Gasteiger partial charge is 0.871 e. The average molecular weight is 486 g/mol. The Kier molecular flexibility index (Phi) is 6.20. The number of hydrogen-bond donors (Lipinski definition) is 1. The number of esters is 1. The lowest BCUT2D eigenvalue weighted by Gasteiger charge is -2.22. The van der Waals surface area contributed by atoms with Crippen LogP contribution in [-0.4, -0.2) is 31.4 Å². The van der Waals surface area contributed by atoms with E-state index in [1.807, 2.05) is 20.8 Å². The normalized spacial score (nSPS) is 17.0. The maximum atomic E-state index is 12.9. The monoisotopic (exact) mass is 484 g/mol. The number of carbonyl (C=O) groups excluding carboxylic acids is 1. The molecule has 5 nitrogen and oxygen atoms in total. The third kappa shape index (κ3) is 4.76. The fourth-order valence-corrected chi connectivity index (χ4v) is 5.17. The molecule has 1 unspecified atom stereocenters. The minimum absolute atomic E-state index is 0.197. The molecule has 0 amide bonds. The fourth-order valence-electron chi connectivity index (χ4n) is 3.04. The number of carbonyl (C=O) groups is 1. The third-order valence-corrected chi connectivity index (χ3v) is 6.24. The highest BCUT2D eigenvalue weighted by Crippen LogP contribution is 2.38. The van der Waals surface area contributed by atoms with E-state index in [-0.39, 0.29) is 11.7 Å². The van der Waals surface area contributed by atoms with Gasteiger partial charge in [0.15, 0.2) is 0 Å². The summed E-state index contributed by atoms with van der Waals surface area (Å²) in [7, 11) is 2.13. The van der Waals surface area contributed by atoms with Crippen LogP contribution in [0.4, 0.5) is 5.00 Å². The first-order valence-corrected chi connectivity index (χ1v) is 10.9. The van der Waals surface area contributed by atoms with Crippen molar-refractivity contribution in [1.29, 1.82) is 0 Å². The Balaban J connectivity index is 2.04. The van der Waals surface area contributed by atoms with E-state index in [0.29, 0.717) is 25.6 Å². The molecule has 1 aliphatic rings. The Labute approximate surface area is 182 Å². The summed E-state index contributed by atoms with van der Waals surface area (Å²) < 4.78 is 6.01. The Morgan fingerprint density at radius 1 is 1.43 bits per heavy atom. The summed E-state index contributed by atoms with van der Waals surface area (Å²) in [6.45, 7) is 7.34. The summed E-state index contributed by atoms with van der Waals surface area (Å²) >= 11 is 10.8. The van der Waals surface area contributed by atoms with Crippen LogP contribution in [0.5, 0.6) is 5.75 Å². The topological polar surface area (TPSA) is 66.2 Å². The lowest BCUT2D eigenvalue weighted by atomic mass is 10.0. The number of likely N-dealkylation sites (N-methyl/N-ethyl adjacent to an activating group) is 1. The molecule has 3 rings (SSSR count). The standard InChI is InChI=1S/C20H22BrClN2O3S/c1-20(2,3)27-19(26)16-13-5-6-24(4)10-15(13)28-18(16)23-9-11-7-12(22)8-14(21)17(11)25/h7-9,25H,5-6,10H2,1-4H3. The molecule has 1 aromatic carbocycles. The zero-order chi connectivity index (χ0) is 20.6. The first-order chi connectivity index (χ1) is 13.0. The van der Waals surface area contributed by atoms with Gasteiger partial charge in [-0.1, -0.05) is 33.3 Å². The van der Waals surface area contributed by atoms with Crippen molar-refractivity contribution >= 4 is 56.1 Å². The fraction of sp³-hybridized carbons (Fsp3) is 0.400. The molecule has 0 aliphatic carbocycles. The van der Waals surface area contributed by atoms with Crippen LogP contribution in [0.15, 0.2) is 21.6 Å². The summed E-state index contributed by atoms with van der Waals surface area (Å²) in [5.41, 5.74) is 1.31. The number of benzene rings is 1. The number of thiophene rings is 1. The van der Waals surface area contributed by atoms with Gasteiger partial charge in [0, 0.05) is 22.1 Å². The molecule has 1 atom stereocenters. The molecule has 28 heavy (non-hydrogen) atoms. The molecule has 1 aliphatic heterocycles. The third-order valence-electron chi connectivity index (χ3n) is 4.30. The highest BCUT2D eigenvalue weighted by Gasteiger charge is 2.31. The van der Waals surface area contributed by atoms with E-state index in [4.69, 9.17) is 16.3 Å². The summed E-state index contributed by atoms with van der Waals surface area (Å²) in [6, 6.07) is 3.12. The molecule has 0 saturated carbocycles. The van der Waals surface area contributed by atoms with Crippen molar-refractivity contribution in [3.05, 3.63) is 43.2 Å². The summed E-state index contributed by atoms with van der Waals surface area (Å²) in [4.78, 5) is 19.9. The van der Waals surface area contributed by atoms with Gasteiger partial charge in [-0.2, -0.15) is 0 Å². The number of quaternary nitrogens is 1. The van der Waals surface area contributed by atoms with Crippen LogP contribution in [0.25, 0.3) is 0 Å². The van der Waals surface area contributed by atoms with Crippen LogP contribution in [0.3, 0.4) is 0 Å². The van der Waals surface area contributed by atoms with Crippen LogP contribution in [-0.2, 0) is 17.7 Å². The number of rotatable bonds is 3. The van der Waals surface area contributed by atoms with E-state index in [1.54, 1.807) is 12.1 Å². The number of ether oxygens (including phenoxy) is 1. The van der Waals surface area contributed by atoms with Gasteiger partial charge in [0.25, 0.3) is 0 Å². The van der Waals surface area contributed by atoms with Gasteiger partial charge in [0.05, 0.1) is 18.5 Å². The number of hydrogen-bond acceptors (Lipinski definition) is 5. The van der Waals surface area contributed by atoms with E-state index in [9.17, 15) is 9.90 Å². The van der Waals surface area contributed by atoms with Gasteiger partial charge < -0.3 is 14.7 Å².